The van der Waals surface area contributed by atoms with Crippen LogP contribution in [0.5, 0.6) is 0 Å². The second kappa shape index (κ2) is 8.96. The van der Waals surface area contributed by atoms with Crippen molar-refractivity contribution in [2.45, 2.75) is 51.6 Å². The third-order valence-corrected chi connectivity index (χ3v) is 6.14. The summed E-state index contributed by atoms with van der Waals surface area (Å²) in [4.78, 5) is 18.3. The maximum Gasteiger partial charge on any atom is 0.336 e. The molecule has 0 spiro atoms. The molecule has 0 unspecified atom stereocenters. The molecule has 0 atom stereocenters. The molecule has 0 bridgehead atoms. The molecular weight excluding hydrogens is 381 g/mol. The van der Waals surface area contributed by atoms with Crippen LogP contribution in [0.3, 0.4) is 0 Å². The van der Waals surface area contributed by atoms with Gasteiger partial charge < -0.3 is 9.67 Å². The summed E-state index contributed by atoms with van der Waals surface area (Å²) in [6.45, 7) is 5.51. The molecule has 1 N–H and O–H groups in total. The van der Waals surface area contributed by atoms with E-state index in [2.05, 4.69) is 33.6 Å². The molecule has 4 rings (SSSR count). The summed E-state index contributed by atoms with van der Waals surface area (Å²) in [5.74, 6) is -1.11. The highest BCUT2D eigenvalue weighted by molar-refractivity contribution is 5.89. The van der Waals surface area contributed by atoms with Crippen LogP contribution in [0.1, 0.15) is 60.0 Å². The van der Waals surface area contributed by atoms with E-state index in [9.17, 15) is 14.3 Å². The zero-order valence-corrected chi connectivity index (χ0v) is 17.4. The van der Waals surface area contributed by atoms with Crippen LogP contribution in [0.15, 0.2) is 42.7 Å². The van der Waals surface area contributed by atoms with Crippen molar-refractivity contribution in [1.29, 1.82) is 0 Å². The van der Waals surface area contributed by atoms with Crippen molar-refractivity contribution in [2.24, 2.45) is 0 Å². The molecule has 1 aromatic carbocycles. The molecule has 1 aliphatic rings. The smallest absolute Gasteiger partial charge is 0.336 e. The molecule has 6 heteroatoms. The number of pyridine rings is 1. The van der Waals surface area contributed by atoms with Gasteiger partial charge in [0.2, 0.25) is 0 Å². The number of likely N-dealkylation sites (tertiary alicyclic amines) is 1. The first-order valence-corrected chi connectivity index (χ1v) is 10.7. The van der Waals surface area contributed by atoms with Gasteiger partial charge in [-0.25, -0.2) is 14.2 Å². The van der Waals surface area contributed by atoms with E-state index in [0.29, 0.717) is 18.0 Å². The molecule has 30 heavy (non-hydrogen) atoms. The third-order valence-electron chi connectivity index (χ3n) is 6.14. The van der Waals surface area contributed by atoms with E-state index < -0.39 is 11.8 Å². The van der Waals surface area contributed by atoms with E-state index >= 15 is 0 Å². The zero-order chi connectivity index (χ0) is 21.1. The maximum absolute atomic E-state index is 13.4. The Balaban J connectivity index is 1.47. The minimum absolute atomic E-state index is 0.0576. The molecule has 1 saturated heterocycles. The van der Waals surface area contributed by atoms with Crippen molar-refractivity contribution in [1.82, 2.24) is 14.5 Å². The molecule has 5 nitrogen and oxygen atoms in total. The number of unbranched alkanes of at least 4 members (excludes halogenated alkanes) is 1. The summed E-state index contributed by atoms with van der Waals surface area (Å²) in [5.41, 5.74) is 3.17. The molecule has 2 aromatic heterocycles. The van der Waals surface area contributed by atoms with Gasteiger partial charge in [0.25, 0.3) is 0 Å². The number of fused-ring (bicyclic) bond motifs is 1. The van der Waals surface area contributed by atoms with Gasteiger partial charge in [0.05, 0.1) is 5.56 Å². The zero-order valence-electron chi connectivity index (χ0n) is 17.4. The van der Waals surface area contributed by atoms with Crippen LogP contribution in [-0.4, -0.2) is 38.6 Å². The van der Waals surface area contributed by atoms with Gasteiger partial charge in [-0.15, -0.1) is 0 Å². The lowest BCUT2D eigenvalue weighted by Gasteiger charge is -2.32. The molecule has 0 radical (unpaired) electrons. The molecule has 1 aliphatic heterocycles. The number of aromatic carboxylic acids is 1. The van der Waals surface area contributed by atoms with Crippen molar-refractivity contribution in [3.05, 3.63) is 65.2 Å². The van der Waals surface area contributed by atoms with Gasteiger partial charge >= 0.3 is 5.97 Å². The summed E-state index contributed by atoms with van der Waals surface area (Å²) in [6, 6.07) is 8.23. The molecule has 1 fully saturated rings. The van der Waals surface area contributed by atoms with Gasteiger partial charge in [-0.3, -0.25) is 4.90 Å². The number of carboxylic acid groups (broad SMARTS) is 1. The van der Waals surface area contributed by atoms with Crippen LogP contribution < -0.4 is 0 Å². The van der Waals surface area contributed by atoms with Crippen LogP contribution >= 0.6 is 0 Å². The minimum Gasteiger partial charge on any atom is -0.478 e. The predicted molar refractivity (Wildman–Crippen MR) is 115 cm³/mol. The Labute approximate surface area is 176 Å². The van der Waals surface area contributed by atoms with Crippen molar-refractivity contribution in [2.75, 3.05) is 13.1 Å². The SMILES string of the molecule is CCCCn1cc(C2CCN(Cc3ccc(F)cc3C(=O)O)CC2)c2cccnc21. The number of aryl methyl sites for hydroxylation is 1. The van der Waals surface area contributed by atoms with E-state index in [1.807, 2.05) is 12.3 Å². The third kappa shape index (κ3) is 4.24. The summed E-state index contributed by atoms with van der Waals surface area (Å²) < 4.78 is 15.7. The van der Waals surface area contributed by atoms with Crippen molar-refractivity contribution in [3.8, 4) is 0 Å². The summed E-state index contributed by atoms with van der Waals surface area (Å²) >= 11 is 0. The standard InChI is InChI=1S/C24H28FN3O2/c1-2-3-11-28-16-22(20-5-4-10-26-23(20)28)17-8-12-27(13-9-17)15-18-6-7-19(25)14-21(18)24(29)30/h4-7,10,14,16-17H,2-3,8-9,11-13,15H2,1H3,(H,29,30). The quantitative estimate of drug-likeness (QED) is 0.593. The topological polar surface area (TPSA) is 58.4 Å². The van der Waals surface area contributed by atoms with Gasteiger partial charge in [-0.05, 0) is 73.7 Å². The second-order valence-electron chi connectivity index (χ2n) is 8.16. The van der Waals surface area contributed by atoms with E-state index in [0.717, 1.165) is 57.0 Å². The predicted octanol–water partition coefficient (Wildman–Crippen LogP) is 5.05. The Morgan fingerprint density at radius 3 is 2.80 bits per heavy atom. The number of nitrogens with zero attached hydrogens (tertiary/aromatic N) is 3. The minimum atomic E-state index is -1.08. The largest absolute Gasteiger partial charge is 0.478 e. The van der Waals surface area contributed by atoms with Crippen molar-refractivity contribution in [3.63, 3.8) is 0 Å². The lowest BCUT2D eigenvalue weighted by atomic mass is 9.89. The Hall–Kier alpha value is -2.73. The number of hydrogen-bond acceptors (Lipinski definition) is 3. The fourth-order valence-electron chi connectivity index (χ4n) is 4.50. The number of halogens is 1. The lowest BCUT2D eigenvalue weighted by molar-refractivity contribution is 0.0693. The number of carboxylic acids is 1. The van der Waals surface area contributed by atoms with E-state index in [1.165, 1.54) is 17.0 Å². The molecule has 0 amide bonds. The molecular formula is C24H28FN3O2. The monoisotopic (exact) mass is 409 g/mol. The van der Waals surface area contributed by atoms with Crippen LogP contribution in [-0.2, 0) is 13.1 Å². The summed E-state index contributed by atoms with van der Waals surface area (Å²) in [7, 11) is 0. The summed E-state index contributed by atoms with van der Waals surface area (Å²) in [5, 5.41) is 10.6. The van der Waals surface area contributed by atoms with Gasteiger partial charge in [-0.1, -0.05) is 19.4 Å². The van der Waals surface area contributed by atoms with E-state index in [-0.39, 0.29) is 5.56 Å². The Bertz CT molecular complexity index is 1040. The second-order valence-corrected chi connectivity index (χ2v) is 8.16. The van der Waals surface area contributed by atoms with Crippen molar-refractivity contribution < 1.29 is 14.3 Å². The maximum atomic E-state index is 13.4. The van der Waals surface area contributed by atoms with Gasteiger partial charge in [0, 0.05) is 30.9 Å². The first kappa shape index (κ1) is 20.5. The van der Waals surface area contributed by atoms with Crippen LogP contribution in [0.2, 0.25) is 0 Å². The molecule has 158 valence electrons. The normalized spacial score (nSPS) is 15.7. The number of hydrogen-bond donors (Lipinski definition) is 1. The number of carbonyl (C=O) groups is 1. The highest BCUT2D eigenvalue weighted by atomic mass is 19.1. The number of rotatable bonds is 7. The number of aromatic nitrogens is 2. The van der Waals surface area contributed by atoms with Crippen LogP contribution in [0, 0.1) is 5.82 Å². The fourth-order valence-corrected chi connectivity index (χ4v) is 4.50. The lowest BCUT2D eigenvalue weighted by Crippen LogP contribution is -2.33. The van der Waals surface area contributed by atoms with Gasteiger partial charge in [-0.2, -0.15) is 0 Å². The Kier molecular flexibility index (Phi) is 6.13. The first-order chi connectivity index (χ1) is 14.6. The number of piperidine rings is 1. The van der Waals surface area contributed by atoms with Crippen LogP contribution in [0.25, 0.3) is 11.0 Å². The van der Waals surface area contributed by atoms with E-state index in [1.54, 1.807) is 6.07 Å². The average Bonchev–Trinajstić information content (AvgIpc) is 3.12. The van der Waals surface area contributed by atoms with Gasteiger partial charge in [0.1, 0.15) is 11.5 Å². The Morgan fingerprint density at radius 1 is 1.27 bits per heavy atom. The first-order valence-electron chi connectivity index (χ1n) is 10.7. The highest BCUT2D eigenvalue weighted by Gasteiger charge is 2.25. The van der Waals surface area contributed by atoms with Crippen LogP contribution in [0.4, 0.5) is 4.39 Å². The van der Waals surface area contributed by atoms with E-state index in [4.69, 9.17) is 0 Å². The molecule has 3 aromatic rings. The highest BCUT2D eigenvalue weighted by Crippen LogP contribution is 2.34. The van der Waals surface area contributed by atoms with Gasteiger partial charge in [0.15, 0.2) is 0 Å². The fraction of sp³-hybridized carbons (Fsp3) is 0.417. The number of benzene rings is 1. The average molecular weight is 410 g/mol. The molecule has 0 saturated carbocycles. The molecule has 3 heterocycles. The Morgan fingerprint density at radius 2 is 2.07 bits per heavy atom. The summed E-state index contributed by atoms with van der Waals surface area (Å²) in [6.07, 6.45) is 8.48. The van der Waals surface area contributed by atoms with Crippen molar-refractivity contribution >= 4 is 17.0 Å². The molecule has 0 aliphatic carbocycles.